The summed E-state index contributed by atoms with van der Waals surface area (Å²) in [6, 6.07) is 11.0. The lowest BCUT2D eigenvalue weighted by atomic mass is 9.99. The Kier molecular flexibility index (Phi) is 3.01. The van der Waals surface area contributed by atoms with Crippen molar-refractivity contribution in [3.63, 3.8) is 0 Å². The van der Waals surface area contributed by atoms with Gasteiger partial charge in [0.25, 0.3) is 0 Å². The van der Waals surface area contributed by atoms with Gasteiger partial charge in [-0.1, -0.05) is 24.3 Å². The molecule has 0 aliphatic heterocycles. The minimum Gasteiger partial charge on any atom is -0.323 e. The highest BCUT2D eigenvalue weighted by molar-refractivity contribution is 7.15. The van der Waals surface area contributed by atoms with Crippen LogP contribution in [0.2, 0.25) is 0 Å². The van der Waals surface area contributed by atoms with Crippen molar-refractivity contribution in [1.82, 2.24) is 4.98 Å². The van der Waals surface area contributed by atoms with Crippen LogP contribution in [-0.2, 0) is 6.42 Å². The third kappa shape index (κ3) is 2.06. The SMILES string of the molecule is NC1CCCc2nc(-c3ccc(F)c4ccccc34)sc21. The number of rotatable bonds is 1. The van der Waals surface area contributed by atoms with Gasteiger partial charge >= 0.3 is 0 Å². The van der Waals surface area contributed by atoms with Gasteiger partial charge in [-0.15, -0.1) is 11.3 Å². The second-order valence-electron chi connectivity index (χ2n) is 5.47. The van der Waals surface area contributed by atoms with Crippen LogP contribution in [0.3, 0.4) is 0 Å². The lowest BCUT2D eigenvalue weighted by Crippen LogP contribution is -2.15. The van der Waals surface area contributed by atoms with E-state index in [1.165, 1.54) is 10.9 Å². The standard InChI is InChI=1S/C17H15FN2S/c18-13-9-8-12(10-4-1-2-5-11(10)13)17-20-15-7-3-6-14(19)16(15)21-17/h1-2,4-5,8-9,14H,3,6-7,19H2. The maximum Gasteiger partial charge on any atom is 0.131 e. The monoisotopic (exact) mass is 298 g/mol. The fourth-order valence-electron chi connectivity index (χ4n) is 3.02. The van der Waals surface area contributed by atoms with Gasteiger partial charge in [0.2, 0.25) is 0 Å². The number of hydrogen-bond acceptors (Lipinski definition) is 3. The van der Waals surface area contributed by atoms with Gasteiger partial charge in [-0.3, -0.25) is 0 Å². The van der Waals surface area contributed by atoms with Crippen molar-refractivity contribution in [1.29, 1.82) is 0 Å². The summed E-state index contributed by atoms with van der Waals surface area (Å²) in [5.41, 5.74) is 8.31. The molecule has 1 unspecified atom stereocenters. The Morgan fingerprint density at radius 3 is 2.76 bits per heavy atom. The first-order chi connectivity index (χ1) is 10.2. The van der Waals surface area contributed by atoms with E-state index >= 15 is 0 Å². The third-order valence-corrected chi connectivity index (χ3v) is 5.36. The molecule has 0 bridgehead atoms. The molecule has 4 rings (SSSR count). The molecule has 4 heteroatoms. The van der Waals surface area contributed by atoms with Crippen LogP contribution in [0.25, 0.3) is 21.3 Å². The molecule has 0 saturated carbocycles. The number of fused-ring (bicyclic) bond motifs is 2. The fraction of sp³-hybridized carbons (Fsp3) is 0.235. The Hall–Kier alpha value is -1.78. The summed E-state index contributed by atoms with van der Waals surface area (Å²) in [7, 11) is 0. The van der Waals surface area contributed by atoms with Gasteiger partial charge in [-0.2, -0.15) is 0 Å². The molecule has 1 atom stereocenters. The molecular weight excluding hydrogens is 283 g/mol. The van der Waals surface area contributed by atoms with E-state index in [0.717, 1.165) is 40.9 Å². The second-order valence-corrected chi connectivity index (χ2v) is 6.50. The fourth-order valence-corrected chi connectivity index (χ4v) is 4.20. The molecule has 1 aromatic heterocycles. The highest BCUT2D eigenvalue weighted by Gasteiger charge is 2.22. The van der Waals surface area contributed by atoms with E-state index in [4.69, 9.17) is 10.7 Å². The summed E-state index contributed by atoms with van der Waals surface area (Å²) in [5, 5.41) is 2.51. The van der Waals surface area contributed by atoms with Crippen molar-refractivity contribution in [2.75, 3.05) is 0 Å². The smallest absolute Gasteiger partial charge is 0.131 e. The van der Waals surface area contributed by atoms with E-state index in [0.29, 0.717) is 5.39 Å². The first-order valence-corrected chi connectivity index (χ1v) is 7.98. The summed E-state index contributed by atoms with van der Waals surface area (Å²) in [5.74, 6) is -0.188. The van der Waals surface area contributed by atoms with Gasteiger partial charge in [-0.05, 0) is 36.8 Å². The third-order valence-electron chi connectivity index (χ3n) is 4.09. The normalized spacial score (nSPS) is 17.9. The van der Waals surface area contributed by atoms with Crippen LogP contribution >= 0.6 is 11.3 Å². The van der Waals surface area contributed by atoms with E-state index in [2.05, 4.69) is 0 Å². The van der Waals surface area contributed by atoms with Crippen LogP contribution in [-0.4, -0.2) is 4.98 Å². The maximum atomic E-state index is 13.9. The highest BCUT2D eigenvalue weighted by Crippen LogP contribution is 2.39. The Balaban J connectivity index is 1.93. The van der Waals surface area contributed by atoms with Gasteiger partial charge in [0.05, 0.1) is 5.69 Å². The van der Waals surface area contributed by atoms with E-state index in [9.17, 15) is 4.39 Å². The van der Waals surface area contributed by atoms with Crippen LogP contribution in [0.4, 0.5) is 4.39 Å². The summed E-state index contributed by atoms with van der Waals surface area (Å²) in [6.45, 7) is 0. The van der Waals surface area contributed by atoms with E-state index in [1.54, 1.807) is 11.3 Å². The summed E-state index contributed by atoms with van der Waals surface area (Å²) >= 11 is 1.66. The Bertz CT molecular complexity index is 825. The summed E-state index contributed by atoms with van der Waals surface area (Å²) in [4.78, 5) is 5.97. The highest BCUT2D eigenvalue weighted by atomic mass is 32.1. The largest absolute Gasteiger partial charge is 0.323 e. The molecule has 0 radical (unpaired) electrons. The van der Waals surface area contributed by atoms with Crippen molar-refractivity contribution >= 4 is 22.1 Å². The number of aryl methyl sites for hydroxylation is 1. The van der Waals surface area contributed by atoms with Gasteiger partial charge in [0, 0.05) is 21.9 Å². The quantitative estimate of drug-likeness (QED) is 0.721. The zero-order chi connectivity index (χ0) is 14.4. The number of aromatic nitrogens is 1. The van der Waals surface area contributed by atoms with Gasteiger partial charge < -0.3 is 5.73 Å². The van der Waals surface area contributed by atoms with Crippen molar-refractivity contribution < 1.29 is 4.39 Å². The Morgan fingerprint density at radius 2 is 1.95 bits per heavy atom. The first kappa shape index (κ1) is 12.9. The molecule has 2 aromatic carbocycles. The molecule has 2 nitrogen and oxygen atoms in total. The minimum atomic E-state index is -0.188. The van der Waals surface area contributed by atoms with Gasteiger partial charge in [-0.25, -0.2) is 9.37 Å². The lowest BCUT2D eigenvalue weighted by molar-refractivity contribution is 0.573. The molecule has 106 valence electrons. The van der Waals surface area contributed by atoms with E-state index in [-0.39, 0.29) is 11.9 Å². The molecule has 0 fully saturated rings. The molecule has 21 heavy (non-hydrogen) atoms. The van der Waals surface area contributed by atoms with Crippen molar-refractivity contribution in [2.24, 2.45) is 5.73 Å². The van der Waals surface area contributed by atoms with Crippen LogP contribution in [0.1, 0.15) is 29.5 Å². The zero-order valence-electron chi connectivity index (χ0n) is 11.5. The molecule has 1 aliphatic rings. The summed E-state index contributed by atoms with van der Waals surface area (Å²) in [6.07, 6.45) is 3.12. The van der Waals surface area contributed by atoms with Crippen molar-refractivity contribution in [3.05, 3.63) is 52.8 Å². The molecule has 3 aromatic rings. The molecule has 2 N–H and O–H groups in total. The predicted molar refractivity (Wildman–Crippen MR) is 84.9 cm³/mol. The molecule has 0 amide bonds. The number of thiazole rings is 1. The number of halogens is 1. The summed E-state index contributed by atoms with van der Waals surface area (Å²) < 4.78 is 13.9. The number of nitrogens with two attached hydrogens (primary N) is 1. The average Bonchev–Trinajstić information content (AvgIpc) is 2.93. The Labute approximate surface area is 126 Å². The maximum absolute atomic E-state index is 13.9. The molecular formula is C17H15FN2S. The van der Waals surface area contributed by atoms with Crippen LogP contribution in [0.5, 0.6) is 0 Å². The number of hydrogen-bond donors (Lipinski definition) is 1. The lowest BCUT2D eigenvalue weighted by Gasteiger charge is -2.15. The molecule has 0 saturated heterocycles. The van der Waals surface area contributed by atoms with Crippen LogP contribution < -0.4 is 5.73 Å². The zero-order valence-corrected chi connectivity index (χ0v) is 12.3. The second kappa shape index (κ2) is 4.90. The molecule has 1 aliphatic carbocycles. The van der Waals surface area contributed by atoms with E-state index < -0.39 is 0 Å². The van der Waals surface area contributed by atoms with Gasteiger partial charge in [0.15, 0.2) is 0 Å². The minimum absolute atomic E-state index is 0.103. The van der Waals surface area contributed by atoms with Crippen molar-refractivity contribution in [2.45, 2.75) is 25.3 Å². The van der Waals surface area contributed by atoms with E-state index in [1.807, 2.05) is 30.3 Å². The average molecular weight is 298 g/mol. The Morgan fingerprint density at radius 1 is 1.14 bits per heavy atom. The molecule has 1 heterocycles. The number of benzene rings is 2. The predicted octanol–water partition coefficient (Wildman–Crippen LogP) is 4.44. The topological polar surface area (TPSA) is 38.9 Å². The van der Waals surface area contributed by atoms with Crippen LogP contribution in [0.15, 0.2) is 36.4 Å². The number of nitrogens with zero attached hydrogens (tertiary/aromatic N) is 1. The first-order valence-electron chi connectivity index (χ1n) is 7.17. The molecule has 0 spiro atoms. The van der Waals surface area contributed by atoms with Gasteiger partial charge in [0.1, 0.15) is 10.8 Å². The van der Waals surface area contributed by atoms with Crippen molar-refractivity contribution in [3.8, 4) is 10.6 Å². The van der Waals surface area contributed by atoms with Crippen LogP contribution in [0, 0.1) is 5.82 Å².